The Bertz CT molecular complexity index is 393. The van der Waals surface area contributed by atoms with Gasteiger partial charge in [-0.25, -0.2) is 0 Å². The summed E-state index contributed by atoms with van der Waals surface area (Å²) in [4.78, 5) is 0. The molecule has 0 aromatic heterocycles. The zero-order valence-corrected chi connectivity index (χ0v) is 10.4. The molecule has 0 radical (unpaired) electrons. The summed E-state index contributed by atoms with van der Waals surface area (Å²) in [6.07, 6.45) is 7.10. The van der Waals surface area contributed by atoms with Gasteiger partial charge in [0.05, 0.1) is 18.2 Å². The van der Waals surface area contributed by atoms with E-state index in [1.807, 2.05) is 30.3 Å². The van der Waals surface area contributed by atoms with Crippen LogP contribution < -0.4 is 5.32 Å². The van der Waals surface area contributed by atoms with Gasteiger partial charge in [0, 0.05) is 13.2 Å². The van der Waals surface area contributed by atoms with E-state index in [1.54, 1.807) is 0 Å². The van der Waals surface area contributed by atoms with Crippen LogP contribution >= 0.6 is 0 Å². The maximum absolute atomic E-state index is 10.0. The molecule has 3 atom stereocenters. The largest absolute Gasteiger partial charge is 0.387 e. The Hall–Kier alpha value is -1.34. The number of rotatable bonds is 5. The van der Waals surface area contributed by atoms with Crippen molar-refractivity contribution < 1.29 is 9.84 Å². The monoisotopic (exact) mass is 245 g/mol. The minimum atomic E-state index is -0.538. The summed E-state index contributed by atoms with van der Waals surface area (Å²) in [6.45, 7) is 1.23. The molecule has 1 aliphatic heterocycles. The average Bonchev–Trinajstić information content (AvgIpc) is 2.94. The van der Waals surface area contributed by atoms with Crippen molar-refractivity contribution in [1.29, 1.82) is 0 Å². The lowest BCUT2D eigenvalue weighted by Crippen LogP contribution is -2.40. The molecule has 0 aliphatic carbocycles. The zero-order valence-electron chi connectivity index (χ0n) is 10.4. The van der Waals surface area contributed by atoms with Crippen molar-refractivity contribution in [1.82, 2.24) is 5.32 Å². The molecule has 1 aliphatic rings. The van der Waals surface area contributed by atoms with Crippen LogP contribution in [0, 0.1) is 12.3 Å². The van der Waals surface area contributed by atoms with Gasteiger partial charge in [0.25, 0.3) is 0 Å². The summed E-state index contributed by atoms with van der Waals surface area (Å²) < 4.78 is 5.56. The van der Waals surface area contributed by atoms with Crippen LogP contribution in [-0.4, -0.2) is 30.4 Å². The van der Waals surface area contributed by atoms with Crippen molar-refractivity contribution in [2.24, 2.45) is 0 Å². The molecule has 0 saturated carbocycles. The maximum atomic E-state index is 10.0. The number of hydrogen-bond donors (Lipinski definition) is 2. The molecular weight excluding hydrogens is 226 g/mol. The molecule has 96 valence electrons. The third-order valence-electron chi connectivity index (χ3n) is 3.23. The quantitative estimate of drug-likeness (QED) is 0.772. The lowest BCUT2D eigenvalue weighted by atomic mass is 10.1. The fourth-order valence-corrected chi connectivity index (χ4v) is 2.19. The Morgan fingerprint density at radius 2 is 2.22 bits per heavy atom. The van der Waals surface area contributed by atoms with E-state index in [-0.39, 0.29) is 12.1 Å². The number of aliphatic hydroxyl groups is 1. The molecule has 1 fully saturated rings. The molecule has 0 amide bonds. The molecule has 1 aromatic carbocycles. The van der Waals surface area contributed by atoms with E-state index in [9.17, 15) is 5.11 Å². The minimum Gasteiger partial charge on any atom is -0.387 e. The van der Waals surface area contributed by atoms with Gasteiger partial charge in [0.1, 0.15) is 0 Å². The van der Waals surface area contributed by atoms with Gasteiger partial charge in [-0.3, -0.25) is 5.32 Å². The Kier molecular flexibility index (Phi) is 4.77. The number of ether oxygens (including phenoxy) is 1. The van der Waals surface area contributed by atoms with E-state index < -0.39 is 6.10 Å². The number of benzene rings is 1. The molecule has 2 rings (SSSR count). The Morgan fingerprint density at radius 1 is 1.44 bits per heavy atom. The molecule has 0 bridgehead atoms. The fourth-order valence-electron chi connectivity index (χ4n) is 2.19. The Labute approximate surface area is 108 Å². The van der Waals surface area contributed by atoms with Crippen LogP contribution in [-0.2, 0) is 4.74 Å². The molecule has 3 nitrogen and oxygen atoms in total. The summed E-state index contributed by atoms with van der Waals surface area (Å²) in [7, 11) is 0. The lowest BCUT2D eigenvalue weighted by Gasteiger charge is -2.21. The fraction of sp³-hybridized carbons (Fsp3) is 0.467. The van der Waals surface area contributed by atoms with Gasteiger partial charge in [-0.2, -0.15) is 0 Å². The summed E-state index contributed by atoms with van der Waals surface area (Å²) in [6, 6.07) is 9.45. The molecule has 0 spiro atoms. The smallest absolute Gasteiger partial charge is 0.0953 e. The highest BCUT2D eigenvalue weighted by Crippen LogP contribution is 2.16. The van der Waals surface area contributed by atoms with Gasteiger partial charge < -0.3 is 9.84 Å². The zero-order chi connectivity index (χ0) is 12.8. The summed E-state index contributed by atoms with van der Waals surface area (Å²) >= 11 is 0. The molecule has 1 saturated heterocycles. The molecule has 2 N–H and O–H groups in total. The first-order valence-corrected chi connectivity index (χ1v) is 6.35. The summed E-state index contributed by atoms with van der Waals surface area (Å²) in [5.74, 6) is 2.70. The van der Waals surface area contributed by atoms with E-state index in [0.717, 1.165) is 25.0 Å². The second-order valence-corrected chi connectivity index (χ2v) is 4.53. The second kappa shape index (κ2) is 6.55. The van der Waals surface area contributed by atoms with Crippen LogP contribution in [0.5, 0.6) is 0 Å². The van der Waals surface area contributed by atoms with Crippen LogP contribution in [0.15, 0.2) is 30.3 Å². The molecule has 0 unspecified atom stereocenters. The first-order chi connectivity index (χ1) is 8.81. The lowest BCUT2D eigenvalue weighted by molar-refractivity contribution is 0.0868. The van der Waals surface area contributed by atoms with Crippen molar-refractivity contribution in [2.75, 3.05) is 13.2 Å². The highest BCUT2D eigenvalue weighted by atomic mass is 16.5. The van der Waals surface area contributed by atoms with Crippen molar-refractivity contribution in [3.63, 3.8) is 0 Å². The van der Waals surface area contributed by atoms with Gasteiger partial charge in [-0.1, -0.05) is 36.3 Å². The highest BCUT2D eigenvalue weighted by molar-refractivity contribution is 5.17. The molecule has 18 heavy (non-hydrogen) atoms. The standard InChI is InChI=1S/C15H19NO2/c1-2-13(15-9-6-10-18-15)16-11-14(17)12-7-4-3-5-8-12/h1,3-5,7-8,13-17H,6,9-11H2/t13-,14+,15-/m0/s1. The second-order valence-electron chi connectivity index (χ2n) is 4.53. The normalized spacial score (nSPS) is 22.3. The number of nitrogens with one attached hydrogen (secondary N) is 1. The third kappa shape index (κ3) is 3.33. The van der Waals surface area contributed by atoms with E-state index in [2.05, 4.69) is 11.2 Å². The van der Waals surface area contributed by atoms with Crippen LogP contribution in [0.1, 0.15) is 24.5 Å². The number of hydrogen-bond acceptors (Lipinski definition) is 3. The van der Waals surface area contributed by atoms with Gasteiger partial charge in [0.15, 0.2) is 0 Å². The van der Waals surface area contributed by atoms with Crippen molar-refractivity contribution in [3.8, 4) is 12.3 Å². The number of aliphatic hydroxyl groups excluding tert-OH is 1. The van der Waals surface area contributed by atoms with Crippen LogP contribution in [0.3, 0.4) is 0 Å². The summed E-state index contributed by atoms with van der Waals surface area (Å²) in [5.41, 5.74) is 0.896. The van der Waals surface area contributed by atoms with Gasteiger partial charge in [-0.05, 0) is 18.4 Å². The van der Waals surface area contributed by atoms with Crippen LogP contribution in [0.2, 0.25) is 0 Å². The minimum absolute atomic E-state index is 0.0815. The predicted molar refractivity (Wildman–Crippen MR) is 71.0 cm³/mol. The molecule has 1 heterocycles. The molecular formula is C15H19NO2. The van der Waals surface area contributed by atoms with E-state index in [0.29, 0.717) is 6.54 Å². The van der Waals surface area contributed by atoms with E-state index >= 15 is 0 Å². The van der Waals surface area contributed by atoms with Gasteiger partial charge >= 0.3 is 0 Å². The average molecular weight is 245 g/mol. The maximum Gasteiger partial charge on any atom is 0.0953 e. The van der Waals surface area contributed by atoms with Gasteiger partial charge in [0.2, 0.25) is 0 Å². The summed E-state index contributed by atoms with van der Waals surface area (Å²) in [5, 5.41) is 13.2. The van der Waals surface area contributed by atoms with Crippen molar-refractivity contribution >= 4 is 0 Å². The molecule has 1 aromatic rings. The van der Waals surface area contributed by atoms with Crippen LogP contribution in [0.4, 0.5) is 0 Å². The Balaban J connectivity index is 1.84. The first-order valence-electron chi connectivity index (χ1n) is 6.35. The highest BCUT2D eigenvalue weighted by Gasteiger charge is 2.24. The topological polar surface area (TPSA) is 41.5 Å². The third-order valence-corrected chi connectivity index (χ3v) is 3.23. The van der Waals surface area contributed by atoms with E-state index in [4.69, 9.17) is 11.2 Å². The molecule has 3 heteroatoms. The van der Waals surface area contributed by atoms with Crippen molar-refractivity contribution in [2.45, 2.75) is 31.1 Å². The van der Waals surface area contributed by atoms with E-state index in [1.165, 1.54) is 0 Å². The SMILES string of the molecule is C#C[C@H](NC[C@@H](O)c1ccccc1)[C@@H]1CCCO1. The predicted octanol–water partition coefficient (Wildman–Crippen LogP) is 1.49. The van der Waals surface area contributed by atoms with Crippen LogP contribution in [0.25, 0.3) is 0 Å². The number of terminal acetylenes is 1. The van der Waals surface area contributed by atoms with Gasteiger partial charge in [-0.15, -0.1) is 6.42 Å². The first kappa shape index (κ1) is 13.1. The Morgan fingerprint density at radius 3 is 2.83 bits per heavy atom. The van der Waals surface area contributed by atoms with Crippen molar-refractivity contribution in [3.05, 3.63) is 35.9 Å².